The zero-order valence-electron chi connectivity index (χ0n) is 8.87. The summed E-state index contributed by atoms with van der Waals surface area (Å²) in [4.78, 5) is 0. The van der Waals surface area contributed by atoms with Crippen LogP contribution in [0, 0.1) is 0 Å². The van der Waals surface area contributed by atoms with Gasteiger partial charge in [-0.2, -0.15) is 0 Å². The molecule has 78 valence electrons. The van der Waals surface area contributed by atoms with E-state index in [4.69, 9.17) is 5.73 Å². The first-order valence-corrected chi connectivity index (χ1v) is 5.34. The van der Waals surface area contributed by atoms with Gasteiger partial charge in [0, 0.05) is 6.04 Å². The molecule has 0 spiro atoms. The highest BCUT2D eigenvalue weighted by Crippen LogP contribution is 2.04. The molecule has 0 saturated carbocycles. The largest absolute Gasteiger partial charge is 0.330 e. The number of hydrogen-bond donors (Lipinski definition) is 2. The molecule has 1 unspecified atom stereocenters. The van der Waals surface area contributed by atoms with Crippen LogP contribution in [0.3, 0.4) is 0 Å². The predicted octanol–water partition coefficient (Wildman–Crippen LogP) is 1.56. The third kappa shape index (κ3) is 3.90. The van der Waals surface area contributed by atoms with Crippen molar-refractivity contribution in [2.45, 2.75) is 25.8 Å². The molecule has 1 rings (SSSR count). The second-order valence-electron chi connectivity index (χ2n) is 3.52. The van der Waals surface area contributed by atoms with Crippen molar-refractivity contribution >= 4 is 0 Å². The van der Waals surface area contributed by atoms with E-state index < -0.39 is 0 Å². The molecule has 0 amide bonds. The van der Waals surface area contributed by atoms with Gasteiger partial charge in [0.05, 0.1) is 0 Å². The Kier molecular flexibility index (Phi) is 5.27. The molecule has 14 heavy (non-hydrogen) atoms. The monoisotopic (exact) mass is 192 g/mol. The van der Waals surface area contributed by atoms with Gasteiger partial charge in [-0.1, -0.05) is 37.3 Å². The van der Waals surface area contributed by atoms with Crippen molar-refractivity contribution < 1.29 is 0 Å². The van der Waals surface area contributed by atoms with E-state index in [1.165, 1.54) is 5.56 Å². The van der Waals surface area contributed by atoms with Gasteiger partial charge in [0.25, 0.3) is 0 Å². The van der Waals surface area contributed by atoms with Crippen molar-refractivity contribution in [3.8, 4) is 0 Å². The molecule has 0 heterocycles. The first-order chi connectivity index (χ1) is 6.86. The summed E-state index contributed by atoms with van der Waals surface area (Å²) in [6.45, 7) is 3.90. The highest BCUT2D eigenvalue weighted by atomic mass is 14.9. The van der Waals surface area contributed by atoms with Crippen LogP contribution >= 0.6 is 0 Å². The summed E-state index contributed by atoms with van der Waals surface area (Å²) in [5.41, 5.74) is 6.95. The SMILES string of the molecule is CCNC(CCN)Cc1ccccc1. The fraction of sp³-hybridized carbons (Fsp3) is 0.500. The van der Waals surface area contributed by atoms with Crippen LogP contribution in [-0.2, 0) is 6.42 Å². The molecule has 3 N–H and O–H groups in total. The van der Waals surface area contributed by atoms with E-state index in [9.17, 15) is 0 Å². The maximum atomic E-state index is 5.57. The fourth-order valence-corrected chi connectivity index (χ4v) is 1.66. The minimum Gasteiger partial charge on any atom is -0.330 e. The molecule has 0 radical (unpaired) electrons. The third-order valence-electron chi connectivity index (χ3n) is 2.33. The summed E-state index contributed by atoms with van der Waals surface area (Å²) in [5, 5.41) is 3.45. The first kappa shape index (κ1) is 11.2. The predicted molar refractivity (Wildman–Crippen MR) is 61.3 cm³/mol. The Morgan fingerprint density at radius 1 is 1.29 bits per heavy atom. The lowest BCUT2D eigenvalue weighted by molar-refractivity contribution is 0.497. The molecule has 1 aromatic carbocycles. The van der Waals surface area contributed by atoms with Gasteiger partial charge in [0.1, 0.15) is 0 Å². The molecular formula is C12H20N2. The van der Waals surface area contributed by atoms with Gasteiger partial charge >= 0.3 is 0 Å². The number of benzene rings is 1. The molecule has 0 aliphatic heterocycles. The van der Waals surface area contributed by atoms with Crippen LogP contribution in [0.15, 0.2) is 30.3 Å². The number of rotatable bonds is 6. The maximum absolute atomic E-state index is 5.57. The van der Waals surface area contributed by atoms with E-state index >= 15 is 0 Å². The second-order valence-corrected chi connectivity index (χ2v) is 3.52. The quantitative estimate of drug-likeness (QED) is 0.718. The molecule has 1 atom stereocenters. The van der Waals surface area contributed by atoms with Crippen LogP contribution in [0.5, 0.6) is 0 Å². The van der Waals surface area contributed by atoms with Crippen molar-refractivity contribution in [2.24, 2.45) is 5.73 Å². The minimum atomic E-state index is 0.521. The van der Waals surface area contributed by atoms with Gasteiger partial charge in [-0.3, -0.25) is 0 Å². The van der Waals surface area contributed by atoms with Gasteiger partial charge in [-0.25, -0.2) is 0 Å². The van der Waals surface area contributed by atoms with Crippen LogP contribution in [0.25, 0.3) is 0 Å². The lowest BCUT2D eigenvalue weighted by atomic mass is 10.0. The number of hydrogen-bond acceptors (Lipinski definition) is 2. The van der Waals surface area contributed by atoms with Gasteiger partial charge in [0.2, 0.25) is 0 Å². The van der Waals surface area contributed by atoms with Crippen LogP contribution in [0.2, 0.25) is 0 Å². The van der Waals surface area contributed by atoms with Crippen molar-refractivity contribution in [1.29, 1.82) is 0 Å². The van der Waals surface area contributed by atoms with E-state index in [1.54, 1.807) is 0 Å². The number of likely N-dealkylation sites (N-methyl/N-ethyl adjacent to an activating group) is 1. The molecule has 0 aromatic heterocycles. The Morgan fingerprint density at radius 3 is 2.57 bits per heavy atom. The molecule has 0 aliphatic carbocycles. The topological polar surface area (TPSA) is 38.0 Å². The average Bonchev–Trinajstić information content (AvgIpc) is 2.20. The van der Waals surface area contributed by atoms with Crippen molar-refractivity contribution in [2.75, 3.05) is 13.1 Å². The Balaban J connectivity index is 2.46. The zero-order chi connectivity index (χ0) is 10.2. The smallest absolute Gasteiger partial charge is 0.0119 e. The number of nitrogens with two attached hydrogens (primary N) is 1. The van der Waals surface area contributed by atoms with Crippen LogP contribution in [-0.4, -0.2) is 19.1 Å². The van der Waals surface area contributed by atoms with Crippen molar-refractivity contribution in [1.82, 2.24) is 5.32 Å². The van der Waals surface area contributed by atoms with E-state index in [-0.39, 0.29) is 0 Å². The Hall–Kier alpha value is -0.860. The van der Waals surface area contributed by atoms with E-state index in [1.807, 2.05) is 0 Å². The van der Waals surface area contributed by atoms with Gasteiger partial charge < -0.3 is 11.1 Å². The lowest BCUT2D eigenvalue weighted by Crippen LogP contribution is -2.33. The molecular weight excluding hydrogens is 172 g/mol. The molecule has 2 nitrogen and oxygen atoms in total. The Bertz CT molecular complexity index is 227. The van der Waals surface area contributed by atoms with Gasteiger partial charge in [-0.15, -0.1) is 0 Å². The summed E-state index contributed by atoms with van der Waals surface area (Å²) in [5.74, 6) is 0. The number of nitrogens with one attached hydrogen (secondary N) is 1. The molecule has 0 bridgehead atoms. The van der Waals surface area contributed by atoms with Crippen LogP contribution in [0.1, 0.15) is 18.9 Å². The minimum absolute atomic E-state index is 0.521. The standard InChI is InChI=1S/C12H20N2/c1-2-14-12(8-9-13)10-11-6-4-3-5-7-11/h3-7,12,14H,2,8-10,13H2,1H3. The molecule has 1 aromatic rings. The highest BCUT2D eigenvalue weighted by molar-refractivity contribution is 5.15. The zero-order valence-corrected chi connectivity index (χ0v) is 8.87. The summed E-state index contributed by atoms with van der Waals surface area (Å²) < 4.78 is 0. The summed E-state index contributed by atoms with van der Waals surface area (Å²) in [6.07, 6.45) is 2.12. The molecule has 2 heteroatoms. The third-order valence-corrected chi connectivity index (χ3v) is 2.33. The van der Waals surface area contributed by atoms with E-state index in [0.717, 1.165) is 25.9 Å². The molecule has 0 saturated heterocycles. The second kappa shape index (κ2) is 6.57. The van der Waals surface area contributed by atoms with Crippen LogP contribution in [0.4, 0.5) is 0 Å². The van der Waals surface area contributed by atoms with E-state index in [2.05, 4.69) is 42.6 Å². The normalized spacial score (nSPS) is 12.7. The molecule has 0 aliphatic rings. The fourth-order valence-electron chi connectivity index (χ4n) is 1.66. The highest BCUT2D eigenvalue weighted by Gasteiger charge is 2.06. The first-order valence-electron chi connectivity index (χ1n) is 5.34. The average molecular weight is 192 g/mol. The van der Waals surface area contributed by atoms with Crippen molar-refractivity contribution in [3.63, 3.8) is 0 Å². The molecule has 0 fully saturated rings. The van der Waals surface area contributed by atoms with Gasteiger partial charge in [0.15, 0.2) is 0 Å². The Morgan fingerprint density at radius 2 is 2.00 bits per heavy atom. The van der Waals surface area contributed by atoms with Crippen molar-refractivity contribution in [3.05, 3.63) is 35.9 Å². The van der Waals surface area contributed by atoms with Crippen LogP contribution < -0.4 is 11.1 Å². The maximum Gasteiger partial charge on any atom is 0.0119 e. The Labute approximate surface area is 86.5 Å². The lowest BCUT2D eigenvalue weighted by Gasteiger charge is -2.16. The van der Waals surface area contributed by atoms with E-state index in [0.29, 0.717) is 6.04 Å². The van der Waals surface area contributed by atoms with Gasteiger partial charge in [-0.05, 0) is 31.5 Å². The summed E-state index contributed by atoms with van der Waals surface area (Å²) >= 11 is 0. The summed E-state index contributed by atoms with van der Waals surface area (Å²) in [7, 11) is 0. The summed E-state index contributed by atoms with van der Waals surface area (Å²) in [6, 6.07) is 11.1.